The summed E-state index contributed by atoms with van der Waals surface area (Å²) < 4.78 is 5.57. The van der Waals surface area contributed by atoms with E-state index in [1.54, 1.807) is 6.26 Å². The maximum atomic E-state index is 12.5. The second-order valence-corrected chi connectivity index (χ2v) is 7.24. The molecule has 4 aromatic rings. The van der Waals surface area contributed by atoms with Gasteiger partial charge in [0.25, 0.3) is 5.91 Å². The minimum Gasteiger partial charge on any atom is -0.444 e. The maximum Gasteiger partial charge on any atom is 0.267 e. The van der Waals surface area contributed by atoms with E-state index in [-0.39, 0.29) is 5.91 Å². The van der Waals surface area contributed by atoms with Crippen LogP contribution in [0.5, 0.6) is 0 Å². The van der Waals surface area contributed by atoms with Gasteiger partial charge in [-0.05, 0) is 56.2 Å². The molecule has 2 aromatic heterocycles. The first-order valence-corrected chi connectivity index (χ1v) is 9.39. The molecule has 0 aliphatic heterocycles. The highest BCUT2D eigenvalue weighted by molar-refractivity contribution is 5.99. The van der Waals surface area contributed by atoms with E-state index in [4.69, 9.17) is 4.42 Å². The molecule has 0 aliphatic rings. The van der Waals surface area contributed by atoms with Crippen molar-refractivity contribution < 1.29 is 9.21 Å². The summed E-state index contributed by atoms with van der Waals surface area (Å²) in [5, 5.41) is 4.03. The molecule has 0 saturated heterocycles. The van der Waals surface area contributed by atoms with Gasteiger partial charge in [0.15, 0.2) is 0 Å². The van der Waals surface area contributed by atoms with Crippen molar-refractivity contribution in [2.75, 3.05) is 6.54 Å². The maximum absolute atomic E-state index is 12.5. The quantitative estimate of drug-likeness (QED) is 0.532. The Morgan fingerprint density at radius 3 is 2.64 bits per heavy atom. The lowest BCUT2D eigenvalue weighted by Crippen LogP contribution is -2.26. The van der Waals surface area contributed by atoms with Gasteiger partial charge in [-0.2, -0.15) is 0 Å². The van der Waals surface area contributed by atoms with Crippen LogP contribution in [-0.2, 0) is 6.42 Å². The fraction of sp³-hybridized carbons (Fsp3) is 0.217. The Kier molecular flexibility index (Phi) is 4.74. The smallest absolute Gasteiger partial charge is 0.267 e. The number of nitrogens with one attached hydrogen (secondary N) is 2. The normalized spacial score (nSPS) is 11.1. The Hall–Kier alpha value is -3.34. The minimum atomic E-state index is -0.115. The van der Waals surface area contributed by atoms with Crippen LogP contribution in [0.15, 0.2) is 53.1 Å². The van der Waals surface area contributed by atoms with Crippen LogP contribution in [-0.4, -0.2) is 22.4 Å². The lowest BCUT2D eigenvalue weighted by Gasteiger charge is -2.01. The van der Waals surface area contributed by atoms with E-state index in [9.17, 15) is 4.79 Å². The highest BCUT2D eigenvalue weighted by Crippen LogP contribution is 2.22. The summed E-state index contributed by atoms with van der Waals surface area (Å²) in [5.41, 5.74) is 6.86. The third-order valence-electron chi connectivity index (χ3n) is 4.85. The van der Waals surface area contributed by atoms with Crippen LogP contribution >= 0.6 is 0 Å². The van der Waals surface area contributed by atoms with Crippen LogP contribution < -0.4 is 5.32 Å². The molecule has 0 spiro atoms. The standard InChI is InChI=1S/C23H23N3O2/c1-14-4-6-17(7-5-14)23-25-18(13-28-23)8-9-24-22(27)21-12-19-16(3)10-15(2)11-20(19)26-21/h4-7,10-13,26H,8-9H2,1-3H3,(H,24,27). The van der Waals surface area contributed by atoms with E-state index < -0.39 is 0 Å². The van der Waals surface area contributed by atoms with Crippen LogP contribution in [0.2, 0.25) is 0 Å². The highest BCUT2D eigenvalue weighted by atomic mass is 16.3. The fourth-order valence-electron chi connectivity index (χ4n) is 3.37. The van der Waals surface area contributed by atoms with Gasteiger partial charge in [-0.1, -0.05) is 23.8 Å². The summed E-state index contributed by atoms with van der Waals surface area (Å²) >= 11 is 0. The number of oxazole rings is 1. The van der Waals surface area contributed by atoms with Crippen molar-refractivity contribution in [2.24, 2.45) is 0 Å². The summed E-state index contributed by atoms with van der Waals surface area (Å²) in [6.07, 6.45) is 2.26. The first-order chi connectivity index (χ1) is 13.5. The number of amides is 1. The highest BCUT2D eigenvalue weighted by Gasteiger charge is 2.12. The average Bonchev–Trinajstić information content (AvgIpc) is 3.29. The predicted octanol–water partition coefficient (Wildman–Crippen LogP) is 4.72. The van der Waals surface area contributed by atoms with E-state index in [0.29, 0.717) is 24.6 Å². The van der Waals surface area contributed by atoms with Gasteiger partial charge >= 0.3 is 0 Å². The SMILES string of the molecule is Cc1ccc(-c2nc(CCNC(=O)c3cc4c(C)cc(C)cc4[nH]3)co2)cc1. The summed E-state index contributed by atoms with van der Waals surface area (Å²) in [4.78, 5) is 20.2. The van der Waals surface area contributed by atoms with Gasteiger partial charge in [-0.15, -0.1) is 0 Å². The summed E-state index contributed by atoms with van der Waals surface area (Å²) in [5.74, 6) is 0.485. The van der Waals surface area contributed by atoms with Crippen molar-refractivity contribution in [1.82, 2.24) is 15.3 Å². The van der Waals surface area contributed by atoms with Crippen LogP contribution in [0, 0.1) is 20.8 Å². The molecule has 0 aliphatic carbocycles. The molecule has 0 fully saturated rings. The van der Waals surface area contributed by atoms with Gasteiger partial charge in [0.2, 0.25) is 5.89 Å². The first kappa shape index (κ1) is 18.0. The third-order valence-corrected chi connectivity index (χ3v) is 4.85. The number of hydrogen-bond acceptors (Lipinski definition) is 3. The van der Waals surface area contributed by atoms with Crippen molar-refractivity contribution in [2.45, 2.75) is 27.2 Å². The number of aryl methyl sites for hydroxylation is 3. The molecule has 0 saturated carbocycles. The number of carbonyl (C=O) groups is 1. The molecule has 1 amide bonds. The zero-order valence-electron chi connectivity index (χ0n) is 16.3. The van der Waals surface area contributed by atoms with Gasteiger partial charge in [-0.25, -0.2) is 4.98 Å². The van der Waals surface area contributed by atoms with Crippen molar-refractivity contribution in [3.8, 4) is 11.5 Å². The molecule has 0 unspecified atom stereocenters. The van der Waals surface area contributed by atoms with E-state index in [1.165, 1.54) is 11.1 Å². The van der Waals surface area contributed by atoms with Gasteiger partial charge in [0, 0.05) is 29.4 Å². The molecule has 2 heterocycles. The van der Waals surface area contributed by atoms with Crippen molar-refractivity contribution in [1.29, 1.82) is 0 Å². The zero-order valence-corrected chi connectivity index (χ0v) is 16.3. The topological polar surface area (TPSA) is 70.9 Å². The van der Waals surface area contributed by atoms with Gasteiger partial charge in [0.1, 0.15) is 12.0 Å². The Balaban J connectivity index is 1.38. The van der Waals surface area contributed by atoms with Crippen LogP contribution in [0.4, 0.5) is 0 Å². The molecule has 2 N–H and O–H groups in total. The second-order valence-electron chi connectivity index (χ2n) is 7.24. The second kappa shape index (κ2) is 7.35. The monoisotopic (exact) mass is 373 g/mol. The van der Waals surface area contributed by atoms with Crippen molar-refractivity contribution in [3.63, 3.8) is 0 Å². The number of aromatic nitrogens is 2. The number of H-pyrrole nitrogens is 1. The Labute approximate surface area is 163 Å². The molecular formula is C23H23N3O2. The fourth-order valence-corrected chi connectivity index (χ4v) is 3.37. The zero-order chi connectivity index (χ0) is 19.7. The Morgan fingerprint density at radius 1 is 1.07 bits per heavy atom. The Bertz CT molecular complexity index is 1140. The number of aromatic amines is 1. The Morgan fingerprint density at radius 2 is 1.86 bits per heavy atom. The molecule has 2 aromatic carbocycles. The number of fused-ring (bicyclic) bond motifs is 1. The van der Waals surface area contributed by atoms with Crippen LogP contribution in [0.25, 0.3) is 22.4 Å². The molecule has 28 heavy (non-hydrogen) atoms. The summed E-state index contributed by atoms with van der Waals surface area (Å²) in [6.45, 7) is 6.64. The predicted molar refractivity (Wildman–Crippen MR) is 110 cm³/mol. The number of carbonyl (C=O) groups excluding carboxylic acids is 1. The van der Waals surface area contributed by atoms with Gasteiger partial charge in [0.05, 0.1) is 5.69 Å². The van der Waals surface area contributed by atoms with Crippen LogP contribution in [0.3, 0.4) is 0 Å². The number of benzene rings is 2. The van der Waals surface area contributed by atoms with E-state index >= 15 is 0 Å². The van der Waals surface area contributed by atoms with Crippen LogP contribution in [0.1, 0.15) is 32.9 Å². The summed E-state index contributed by atoms with van der Waals surface area (Å²) in [7, 11) is 0. The number of nitrogens with zero attached hydrogens (tertiary/aromatic N) is 1. The molecular weight excluding hydrogens is 350 g/mol. The lowest BCUT2D eigenvalue weighted by atomic mass is 10.1. The van der Waals surface area contributed by atoms with Gasteiger partial charge in [-0.3, -0.25) is 4.79 Å². The molecule has 4 rings (SSSR count). The molecule has 0 radical (unpaired) electrons. The minimum absolute atomic E-state index is 0.115. The lowest BCUT2D eigenvalue weighted by molar-refractivity contribution is 0.0950. The number of rotatable bonds is 5. The van der Waals surface area contributed by atoms with Crippen molar-refractivity contribution >= 4 is 16.8 Å². The largest absolute Gasteiger partial charge is 0.444 e. The third kappa shape index (κ3) is 3.69. The molecule has 5 heteroatoms. The molecule has 0 bridgehead atoms. The van der Waals surface area contributed by atoms with E-state index in [0.717, 1.165) is 27.7 Å². The molecule has 5 nitrogen and oxygen atoms in total. The van der Waals surface area contributed by atoms with E-state index in [2.05, 4.69) is 41.3 Å². The molecule has 0 atom stereocenters. The first-order valence-electron chi connectivity index (χ1n) is 9.39. The number of hydrogen-bond donors (Lipinski definition) is 2. The van der Waals surface area contributed by atoms with E-state index in [1.807, 2.05) is 37.3 Å². The molecule has 142 valence electrons. The van der Waals surface area contributed by atoms with Crippen molar-refractivity contribution in [3.05, 3.63) is 76.8 Å². The average molecular weight is 373 g/mol. The van der Waals surface area contributed by atoms with Gasteiger partial charge < -0.3 is 14.7 Å². The summed E-state index contributed by atoms with van der Waals surface area (Å²) in [6, 6.07) is 14.1.